The summed E-state index contributed by atoms with van der Waals surface area (Å²) in [5.74, 6) is -4.95. The first-order chi connectivity index (χ1) is 19.3. The Hall–Kier alpha value is -3.30. The van der Waals surface area contributed by atoms with Gasteiger partial charge in [-0.3, -0.25) is 19.2 Å². The number of aromatic amines is 1. The zero-order chi connectivity index (χ0) is 28.2. The molecule has 40 heavy (non-hydrogen) atoms. The van der Waals surface area contributed by atoms with E-state index in [9.17, 15) is 28.0 Å². The molecule has 2 heterocycles. The van der Waals surface area contributed by atoms with E-state index < -0.39 is 29.4 Å². The fourth-order valence-electron chi connectivity index (χ4n) is 6.65. The van der Waals surface area contributed by atoms with Gasteiger partial charge >= 0.3 is 0 Å². The van der Waals surface area contributed by atoms with Gasteiger partial charge in [0.15, 0.2) is 11.6 Å². The maximum absolute atomic E-state index is 14.1. The molecule has 10 heteroatoms. The zero-order valence-corrected chi connectivity index (χ0v) is 22.9. The van der Waals surface area contributed by atoms with Crippen LogP contribution in [-0.4, -0.2) is 70.0 Å². The van der Waals surface area contributed by atoms with Gasteiger partial charge in [0.1, 0.15) is 12.6 Å². The van der Waals surface area contributed by atoms with Crippen molar-refractivity contribution in [2.24, 2.45) is 5.92 Å². The van der Waals surface area contributed by atoms with Gasteiger partial charge in [0, 0.05) is 42.3 Å². The summed E-state index contributed by atoms with van der Waals surface area (Å²) in [6.45, 7) is 0.768. The highest BCUT2D eigenvalue weighted by Crippen LogP contribution is 2.31. The molecule has 0 unspecified atom stereocenters. The van der Waals surface area contributed by atoms with Crippen molar-refractivity contribution in [2.45, 2.75) is 89.1 Å². The molecule has 2 saturated carbocycles. The van der Waals surface area contributed by atoms with Crippen molar-refractivity contribution in [3.63, 3.8) is 0 Å². The maximum atomic E-state index is 14.1. The number of nitrogens with zero attached hydrogens (tertiary/aromatic N) is 2. The van der Waals surface area contributed by atoms with Crippen LogP contribution in [0.25, 0.3) is 10.9 Å². The zero-order valence-electron chi connectivity index (χ0n) is 22.9. The summed E-state index contributed by atoms with van der Waals surface area (Å²) in [7, 11) is 0. The third-order valence-electron chi connectivity index (χ3n) is 8.84. The lowest BCUT2D eigenvalue weighted by Gasteiger charge is -2.38. The van der Waals surface area contributed by atoms with E-state index >= 15 is 0 Å². The number of aromatic nitrogens is 1. The monoisotopic (exact) mass is 556 g/mol. The van der Waals surface area contributed by atoms with Crippen molar-refractivity contribution in [3.8, 4) is 0 Å². The van der Waals surface area contributed by atoms with Crippen LogP contribution in [0.2, 0.25) is 0 Å². The second-order valence-electron chi connectivity index (χ2n) is 11.6. The molecule has 5 rings (SSSR count). The smallest absolute Gasteiger partial charge is 0.296 e. The Labute approximate surface area is 232 Å². The minimum absolute atomic E-state index is 0.000710. The van der Waals surface area contributed by atoms with Crippen LogP contribution in [0.3, 0.4) is 0 Å². The van der Waals surface area contributed by atoms with Gasteiger partial charge in [0.25, 0.3) is 11.7 Å². The summed E-state index contributed by atoms with van der Waals surface area (Å²) < 4.78 is 27.9. The highest BCUT2D eigenvalue weighted by molar-refractivity contribution is 6.45. The molecule has 1 atom stereocenters. The van der Waals surface area contributed by atoms with Gasteiger partial charge in [-0.15, -0.1) is 0 Å². The van der Waals surface area contributed by atoms with E-state index in [0.717, 1.165) is 89.2 Å². The molecule has 0 spiro atoms. The lowest BCUT2D eigenvalue weighted by molar-refractivity contribution is -0.145. The maximum Gasteiger partial charge on any atom is 0.296 e. The number of ketones is 1. The van der Waals surface area contributed by atoms with Crippen LogP contribution in [-0.2, 0) is 14.4 Å². The molecule has 1 aromatic heterocycles. The molecule has 1 aromatic carbocycles. The molecule has 216 valence electrons. The molecule has 3 aliphatic rings. The molecule has 1 saturated heterocycles. The second-order valence-corrected chi connectivity index (χ2v) is 11.6. The number of benzene rings is 1. The number of halogens is 2. The van der Waals surface area contributed by atoms with Gasteiger partial charge in [-0.2, -0.15) is 0 Å². The molecule has 3 amide bonds. The Kier molecular flexibility index (Phi) is 8.81. The van der Waals surface area contributed by atoms with Gasteiger partial charge in [0.05, 0.1) is 5.56 Å². The fraction of sp³-hybridized carbons (Fsp3) is 0.600. The summed E-state index contributed by atoms with van der Waals surface area (Å²) >= 11 is 0. The van der Waals surface area contributed by atoms with Gasteiger partial charge in [-0.25, -0.2) is 8.78 Å². The van der Waals surface area contributed by atoms with Crippen LogP contribution >= 0.6 is 0 Å². The number of hydrogen-bond acceptors (Lipinski definition) is 4. The van der Waals surface area contributed by atoms with Crippen molar-refractivity contribution in [3.05, 3.63) is 35.5 Å². The molecule has 0 bridgehead atoms. The number of nitrogens with one attached hydrogen (secondary N) is 2. The predicted molar refractivity (Wildman–Crippen MR) is 145 cm³/mol. The first kappa shape index (κ1) is 28.2. The van der Waals surface area contributed by atoms with Crippen LogP contribution in [0.15, 0.2) is 18.3 Å². The molecule has 2 aliphatic carbocycles. The average molecular weight is 557 g/mol. The van der Waals surface area contributed by atoms with Gasteiger partial charge in [-0.1, -0.05) is 38.5 Å². The fourth-order valence-corrected chi connectivity index (χ4v) is 6.65. The lowest BCUT2D eigenvalue weighted by Crippen LogP contribution is -2.59. The quantitative estimate of drug-likeness (QED) is 0.370. The Morgan fingerprint density at radius 1 is 0.900 bits per heavy atom. The second kappa shape index (κ2) is 12.5. The number of carbonyl (C=O) groups is 4. The van der Waals surface area contributed by atoms with Gasteiger partial charge < -0.3 is 20.1 Å². The topological polar surface area (TPSA) is 103 Å². The van der Waals surface area contributed by atoms with Crippen LogP contribution in [0.5, 0.6) is 0 Å². The molecule has 0 radical (unpaired) electrons. The molecule has 3 fully saturated rings. The van der Waals surface area contributed by atoms with Gasteiger partial charge in [0.2, 0.25) is 11.8 Å². The highest BCUT2D eigenvalue weighted by atomic mass is 19.2. The molecule has 2 N–H and O–H groups in total. The molecule has 1 aliphatic heterocycles. The van der Waals surface area contributed by atoms with Gasteiger partial charge in [-0.05, 0) is 50.5 Å². The predicted octanol–water partition coefficient (Wildman–Crippen LogP) is 4.48. The minimum atomic E-state index is -1.14. The Morgan fingerprint density at radius 3 is 2.20 bits per heavy atom. The third kappa shape index (κ3) is 6.05. The summed E-state index contributed by atoms with van der Waals surface area (Å²) in [6.07, 6.45) is 12.1. The number of carbonyl (C=O) groups excluding carboxylic acids is 4. The van der Waals surface area contributed by atoms with Crippen LogP contribution in [0.1, 0.15) is 87.4 Å². The first-order valence-corrected chi connectivity index (χ1v) is 14.7. The number of likely N-dealkylation sites (tertiary alicyclic amines) is 1. The summed E-state index contributed by atoms with van der Waals surface area (Å²) in [4.78, 5) is 60.5. The van der Waals surface area contributed by atoms with Crippen molar-refractivity contribution in [2.75, 3.05) is 19.6 Å². The summed E-state index contributed by atoms with van der Waals surface area (Å²) in [6, 6.07) is 0.851. The molecular weight excluding hydrogens is 518 g/mol. The van der Waals surface area contributed by atoms with E-state index in [2.05, 4.69) is 10.3 Å². The molecular formula is C30H38F2N4O4. The van der Waals surface area contributed by atoms with E-state index in [1.165, 1.54) is 11.1 Å². The minimum Gasteiger partial charge on any atom is -0.360 e. The van der Waals surface area contributed by atoms with Crippen molar-refractivity contribution in [1.82, 2.24) is 20.1 Å². The van der Waals surface area contributed by atoms with E-state index in [1.54, 1.807) is 4.90 Å². The Balaban J connectivity index is 1.49. The van der Waals surface area contributed by atoms with E-state index in [0.29, 0.717) is 13.1 Å². The van der Waals surface area contributed by atoms with Crippen LogP contribution < -0.4 is 5.32 Å². The lowest BCUT2D eigenvalue weighted by atomic mass is 9.82. The van der Waals surface area contributed by atoms with E-state index in [1.807, 2.05) is 0 Å². The van der Waals surface area contributed by atoms with Crippen LogP contribution in [0, 0.1) is 17.6 Å². The first-order valence-electron chi connectivity index (χ1n) is 14.7. The number of fused-ring (bicyclic) bond motifs is 1. The van der Waals surface area contributed by atoms with E-state index in [-0.39, 0.29) is 46.8 Å². The number of hydrogen-bond donors (Lipinski definition) is 2. The largest absolute Gasteiger partial charge is 0.360 e. The average Bonchev–Trinajstić information content (AvgIpc) is 3.64. The number of H-pyrrole nitrogens is 1. The Bertz CT molecular complexity index is 1260. The standard InChI is InChI=1S/C30H38F2N4O4/c31-23-15-21-22(17-33-25(21)16-24(23)32)28(38)30(40)36(18-26(37)35-13-7-8-14-35)27(19-9-3-1-4-10-19)29(39)34-20-11-5-2-6-12-20/h15-17,19-20,27,33H,1-14,18H2,(H,34,39)/t27-/m1/s1. The normalized spacial score (nSPS) is 19.5. The molecule has 8 nitrogen and oxygen atoms in total. The molecule has 2 aromatic rings. The number of amides is 3. The van der Waals surface area contributed by atoms with Crippen molar-refractivity contribution >= 4 is 34.4 Å². The Morgan fingerprint density at radius 2 is 1.52 bits per heavy atom. The van der Waals surface area contributed by atoms with Crippen molar-refractivity contribution in [1.29, 1.82) is 0 Å². The number of Topliss-reactive ketones (excluding diaryl/α,β-unsaturated/α-hetero) is 1. The SMILES string of the molecule is O=C(C(=O)N(CC(=O)N1CCCC1)[C@@H](C(=O)NC1CCCCC1)C1CCCCC1)c1c[nH]c2cc(F)c(F)cc12. The van der Waals surface area contributed by atoms with Crippen molar-refractivity contribution < 1.29 is 28.0 Å². The third-order valence-corrected chi connectivity index (χ3v) is 8.84. The van der Waals surface area contributed by atoms with Crippen LogP contribution in [0.4, 0.5) is 8.78 Å². The highest BCUT2D eigenvalue weighted by Gasteiger charge is 2.42. The number of rotatable bonds is 8. The van der Waals surface area contributed by atoms with E-state index in [4.69, 9.17) is 0 Å². The summed E-state index contributed by atoms with van der Waals surface area (Å²) in [5, 5.41) is 3.22. The summed E-state index contributed by atoms with van der Waals surface area (Å²) in [5.41, 5.74) is 0.0567.